The molecule has 0 aliphatic heterocycles. The summed E-state index contributed by atoms with van der Waals surface area (Å²) in [7, 11) is 1.79. The average molecular weight is 315 g/mol. The van der Waals surface area contributed by atoms with Crippen LogP contribution in [-0.4, -0.2) is 21.7 Å². The number of benzene rings is 1. The van der Waals surface area contributed by atoms with E-state index in [0.717, 1.165) is 11.3 Å². The molecule has 23 heavy (non-hydrogen) atoms. The summed E-state index contributed by atoms with van der Waals surface area (Å²) in [6, 6.07) is 7.24. The molecule has 0 spiro atoms. The highest BCUT2D eigenvalue weighted by atomic mass is 16.5. The summed E-state index contributed by atoms with van der Waals surface area (Å²) >= 11 is 0. The molecule has 1 atom stereocenters. The van der Waals surface area contributed by atoms with Gasteiger partial charge in [-0.25, -0.2) is 4.79 Å². The van der Waals surface area contributed by atoms with Crippen molar-refractivity contribution < 1.29 is 14.3 Å². The number of hydrogen-bond donors (Lipinski definition) is 1. The quantitative estimate of drug-likeness (QED) is 0.880. The van der Waals surface area contributed by atoms with Crippen molar-refractivity contribution in [2.24, 2.45) is 7.05 Å². The number of hydrogen-bond acceptors (Lipinski definition) is 4. The third-order valence-electron chi connectivity index (χ3n) is 3.67. The zero-order valence-corrected chi connectivity index (χ0v) is 14.0. The van der Waals surface area contributed by atoms with Gasteiger partial charge < -0.3 is 10.1 Å². The molecule has 6 heteroatoms. The number of nitrogens with one attached hydrogen (secondary N) is 1. The van der Waals surface area contributed by atoms with Crippen molar-refractivity contribution in [1.29, 1.82) is 0 Å². The highest BCUT2D eigenvalue weighted by molar-refractivity contribution is 5.92. The van der Waals surface area contributed by atoms with Crippen molar-refractivity contribution in [3.8, 4) is 0 Å². The van der Waals surface area contributed by atoms with Gasteiger partial charge in [-0.2, -0.15) is 5.10 Å². The van der Waals surface area contributed by atoms with Crippen LogP contribution in [0, 0.1) is 13.8 Å². The fraction of sp³-hybridized carbons (Fsp3) is 0.353. The van der Waals surface area contributed by atoms with Crippen LogP contribution in [0.15, 0.2) is 24.3 Å². The number of anilines is 1. The molecule has 2 rings (SSSR count). The van der Waals surface area contributed by atoms with Gasteiger partial charge in [-0.15, -0.1) is 0 Å². The monoisotopic (exact) mass is 315 g/mol. The molecule has 0 saturated carbocycles. The first-order chi connectivity index (χ1) is 10.8. The Kier molecular flexibility index (Phi) is 4.83. The summed E-state index contributed by atoms with van der Waals surface area (Å²) in [6.45, 7) is 6.86. The number of carbonyl (C=O) groups is 2. The Balaban J connectivity index is 2.17. The molecule has 1 amide bonds. The fourth-order valence-electron chi connectivity index (χ4n) is 2.43. The van der Waals surface area contributed by atoms with Crippen molar-refractivity contribution in [1.82, 2.24) is 9.78 Å². The van der Waals surface area contributed by atoms with E-state index in [9.17, 15) is 9.59 Å². The van der Waals surface area contributed by atoms with E-state index in [1.54, 1.807) is 37.7 Å². The zero-order chi connectivity index (χ0) is 17.1. The van der Waals surface area contributed by atoms with Gasteiger partial charge in [0, 0.05) is 25.4 Å². The van der Waals surface area contributed by atoms with Gasteiger partial charge in [0.1, 0.15) is 11.7 Å². The predicted molar refractivity (Wildman–Crippen MR) is 87.3 cm³/mol. The molecule has 1 N–H and O–H groups in total. The molecule has 1 heterocycles. The van der Waals surface area contributed by atoms with Crippen molar-refractivity contribution in [3.63, 3.8) is 0 Å². The van der Waals surface area contributed by atoms with E-state index >= 15 is 0 Å². The lowest BCUT2D eigenvalue weighted by molar-refractivity contribution is -0.114. The van der Waals surface area contributed by atoms with E-state index in [0.29, 0.717) is 16.9 Å². The minimum absolute atomic E-state index is 0.145. The zero-order valence-electron chi connectivity index (χ0n) is 14.0. The number of nitrogens with zero attached hydrogens (tertiary/aromatic N) is 2. The van der Waals surface area contributed by atoms with E-state index in [1.165, 1.54) is 6.92 Å². The van der Waals surface area contributed by atoms with Crippen molar-refractivity contribution >= 4 is 17.6 Å². The average Bonchev–Trinajstić information content (AvgIpc) is 2.71. The van der Waals surface area contributed by atoms with Crippen LogP contribution in [-0.2, 0) is 16.6 Å². The van der Waals surface area contributed by atoms with Crippen LogP contribution in [0.25, 0.3) is 0 Å². The molecule has 0 fully saturated rings. The molecule has 0 aliphatic rings. The number of carbonyl (C=O) groups excluding carboxylic acids is 2. The predicted octanol–water partition coefficient (Wildman–Crippen LogP) is 2.91. The Labute approximate surface area is 135 Å². The van der Waals surface area contributed by atoms with Gasteiger partial charge in [-0.05, 0) is 38.5 Å². The second-order valence-electron chi connectivity index (χ2n) is 5.52. The highest BCUT2D eigenvalue weighted by Crippen LogP contribution is 2.23. The van der Waals surface area contributed by atoms with E-state index in [2.05, 4.69) is 10.4 Å². The second-order valence-corrected chi connectivity index (χ2v) is 5.52. The molecule has 1 aromatic heterocycles. The lowest BCUT2D eigenvalue weighted by atomic mass is 10.1. The number of aryl methyl sites for hydroxylation is 2. The molecule has 0 saturated heterocycles. The van der Waals surface area contributed by atoms with Crippen molar-refractivity contribution in [2.45, 2.75) is 33.8 Å². The van der Waals surface area contributed by atoms with Crippen LogP contribution in [0.2, 0.25) is 0 Å². The number of amides is 1. The standard InChI is InChI=1S/C17H21N3O3/c1-10-16(11(2)20(5)19-10)17(22)23-12(3)14-7-6-8-15(9-14)18-13(4)21/h6-9,12H,1-5H3,(H,18,21)/t12-/m1/s1. The normalized spacial score (nSPS) is 11.9. The molecular weight excluding hydrogens is 294 g/mol. The number of ether oxygens (including phenoxy) is 1. The molecule has 0 radical (unpaired) electrons. The largest absolute Gasteiger partial charge is 0.454 e. The molecule has 0 bridgehead atoms. The Hall–Kier alpha value is -2.63. The van der Waals surface area contributed by atoms with Gasteiger partial charge in [0.05, 0.1) is 5.69 Å². The molecular formula is C17H21N3O3. The van der Waals surface area contributed by atoms with Crippen LogP contribution in [0.1, 0.15) is 47.3 Å². The van der Waals surface area contributed by atoms with Gasteiger partial charge in [0.2, 0.25) is 5.91 Å². The molecule has 0 unspecified atom stereocenters. The summed E-state index contributed by atoms with van der Waals surface area (Å²) in [5, 5.41) is 6.94. The topological polar surface area (TPSA) is 73.2 Å². The molecule has 122 valence electrons. The van der Waals surface area contributed by atoms with E-state index in [4.69, 9.17) is 4.74 Å². The Morgan fingerprint density at radius 2 is 2.00 bits per heavy atom. The maximum Gasteiger partial charge on any atom is 0.342 e. The van der Waals surface area contributed by atoms with Gasteiger partial charge in [0.15, 0.2) is 0 Å². The summed E-state index contributed by atoms with van der Waals surface area (Å²) in [6.07, 6.45) is -0.435. The Morgan fingerprint density at radius 1 is 1.30 bits per heavy atom. The summed E-state index contributed by atoms with van der Waals surface area (Å²) in [5.74, 6) is -0.543. The SMILES string of the molecule is CC(=O)Nc1cccc([C@@H](C)OC(=O)c2c(C)nn(C)c2C)c1. The van der Waals surface area contributed by atoms with Gasteiger partial charge in [-0.3, -0.25) is 9.48 Å². The van der Waals surface area contributed by atoms with Crippen LogP contribution >= 0.6 is 0 Å². The van der Waals surface area contributed by atoms with Crippen LogP contribution < -0.4 is 5.32 Å². The molecule has 2 aromatic rings. The molecule has 0 aliphatic carbocycles. The lowest BCUT2D eigenvalue weighted by Gasteiger charge is -2.15. The van der Waals surface area contributed by atoms with Crippen LogP contribution in [0.4, 0.5) is 5.69 Å². The summed E-state index contributed by atoms with van der Waals surface area (Å²) < 4.78 is 7.21. The van der Waals surface area contributed by atoms with E-state index in [1.807, 2.05) is 19.1 Å². The highest BCUT2D eigenvalue weighted by Gasteiger charge is 2.21. The third-order valence-corrected chi connectivity index (χ3v) is 3.67. The van der Waals surface area contributed by atoms with Gasteiger partial charge >= 0.3 is 5.97 Å². The maximum absolute atomic E-state index is 12.4. The Morgan fingerprint density at radius 3 is 2.57 bits per heavy atom. The van der Waals surface area contributed by atoms with Crippen molar-refractivity contribution in [3.05, 3.63) is 46.8 Å². The van der Waals surface area contributed by atoms with E-state index < -0.39 is 12.1 Å². The van der Waals surface area contributed by atoms with Crippen molar-refractivity contribution in [2.75, 3.05) is 5.32 Å². The fourth-order valence-corrected chi connectivity index (χ4v) is 2.43. The number of esters is 1. The lowest BCUT2D eigenvalue weighted by Crippen LogP contribution is -2.12. The first kappa shape index (κ1) is 16.7. The molecule has 6 nitrogen and oxygen atoms in total. The number of aromatic nitrogens is 2. The minimum Gasteiger partial charge on any atom is -0.454 e. The smallest absolute Gasteiger partial charge is 0.342 e. The third kappa shape index (κ3) is 3.77. The first-order valence-electron chi connectivity index (χ1n) is 7.38. The first-order valence-corrected chi connectivity index (χ1v) is 7.38. The van der Waals surface area contributed by atoms with Gasteiger partial charge in [0.25, 0.3) is 0 Å². The van der Waals surface area contributed by atoms with Crippen LogP contribution in [0.3, 0.4) is 0 Å². The van der Waals surface area contributed by atoms with Crippen LogP contribution in [0.5, 0.6) is 0 Å². The molecule has 1 aromatic carbocycles. The maximum atomic E-state index is 12.4. The van der Waals surface area contributed by atoms with E-state index in [-0.39, 0.29) is 5.91 Å². The second kappa shape index (κ2) is 6.64. The Bertz CT molecular complexity index is 750. The van der Waals surface area contributed by atoms with Gasteiger partial charge in [-0.1, -0.05) is 12.1 Å². The summed E-state index contributed by atoms with van der Waals surface area (Å²) in [4.78, 5) is 23.5. The number of rotatable bonds is 4. The minimum atomic E-state index is -0.435. The summed E-state index contributed by atoms with van der Waals surface area (Å²) in [5.41, 5.74) is 3.40.